The largest absolute Gasteiger partial charge is 0.457 e. The first-order valence-corrected chi connectivity index (χ1v) is 11.0. The molecule has 3 aromatic rings. The van der Waals surface area contributed by atoms with Crippen molar-refractivity contribution in [1.29, 1.82) is 0 Å². The molecule has 0 unspecified atom stereocenters. The topological polar surface area (TPSA) is 77.1 Å². The number of carbonyl (C=O) groups excluding carboxylic acids is 2. The number of halogens is 1. The lowest BCUT2D eigenvalue weighted by Crippen LogP contribution is -2.54. The van der Waals surface area contributed by atoms with Crippen LogP contribution in [0.3, 0.4) is 0 Å². The van der Waals surface area contributed by atoms with Crippen molar-refractivity contribution >= 4 is 56.8 Å². The minimum Gasteiger partial charge on any atom is -0.457 e. The number of thiocarbonyl (C=S) groups is 1. The summed E-state index contributed by atoms with van der Waals surface area (Å²) in [5, 5.41) is 2.59. The third kappa shape index (κ3) is 4.20. The molecule has 7 nitrogen and oxygen atoms in total. The normalized spacial score (nSPS) is 16.2. The molecular weight excluding hydrogens is 508 g/mol. The molecular formula is C24H15BrN2O5S. The van der Waals surface area contributed by atoms with Gasteiger partial charge in [-0.3, -0.25) is 19.8 Å². The summed E-state index contributed by atoms with van der Waals surface area (Å²) in [6, 6.07) is 19.6. The predicted octanol–water partition coefficient (Wildman–Crippen LogP) is 4.80. The maximum Gasteiger partial charge on any atom is 0.270 e. The van der Waals surface area contributed by atoms with Crippen molar-refractivity contribution < 1.29 is 23.8 Å². The lowest BCUT2D eigenvalue weighted by Gasteiger charge is -2.29. The van der Waals surface area contributed by atoms with E-state index in [0.717, 1.165) is 0 Å². The minimum atomic E-state index is -0.574. The average Bonchev–Trinajstić information content (AvgIpc) is 3.25. The van der Waals surface area contributed by atoms with Crippen LogP contribution in [-0.4, -0.2) is 23.7 Å². The number of carbonyl (C=O) groups is 2. The highest BCUT2D eigenvalue weighted by atomic mass is 79.9. The van der Waals surface area contributed by atoms with Gasteiger partial charge in [0.25, 0.3) is 11.8 Å². The third-order valence-corrected chi connectivity index (χ3v) is 5.94. The van der Waals surface area contributed by atoms with Gasteiger partial charge in [-0.2, -0.15) is 0 Å². The van der Waals surface area contributed by atoms with Crippen molar-refractivity contribution in [2.45, 2.75) is 0 Å². The summed E-state index contributed by atoms with van der Waals surface area (Å²) >= 11 is 8.73. The Bertz CT molecular complexity index is 1310. The van der Waals surface area contributed by atoms with Gasteiger partial charge in [0.1, 0.15) is 17.1 Å². The first-order valence-electron chi connectivity index (χ1n) is 9.83. The number of hydrogen-bond donors (Lipinski definition) is 1. The third-order valence-electron chi connectivity index (χ3n) is 4.97. The summed E-state index contributed by atoms with van der Waals surface area (Å²) in [5.74, 6) is 1.31. The summed E-state index contributed by atoms with van der Waals surface area (Å²) in [7, 11) is 0. The van der Waals surface area contributed by atoms with Crippen LogP contribution in [0, 0.1) is 0 Å². The van der Waals surface area contributed by atoms with E-state index in [-0.39, 0.29) is 17.5 Å². The van der Waals surface area contributed by atoms with Gasteiger partial charge in [0.05, 0.1) is 5.69 Å². The van der Waals surface area contributed by atoms with E-state index in [4.69, 9.17) is 26.4 Å². The van der Waals surface area contributed by atoms with Crippen molar-refractivity contribution in [3.05, 3.63) is 82.3 Å². The number of fused-ring (bicyclic) bond motifs is 1. The van der Waals surface area contributed by atoms with E-state index in [1.165, 1.54) is 11.0 Å². The molecule has 0 aromatic heterocycles. The van der Waals surface area contributed by atoms with Crippen LogP contribution in [0.1, 0.15) is 5.56 Å². The minimum absolute atomic E-state index is 0.00336. The zero-order chi connectivity index (χ0) is 22.9. The number of rotatable bonds is 4. The molecule has 2 aliphatic rings. The van der Waals surface area contributed by atoms with E-state index in [0.29, 0.717) is 38.7 Å². The fourth-order valence-corrected chi connectivity index (χ4v) is 4.10. The molecule has 0 spiro atoms. The Morgan fingerprint density at radius 3 is 2.36 bits per heavy atom. The van der Waals surface area contributed by atoms with E-state index in [1.807, 2.05) is 30.3 Å². The molecule has 5 rings (SSSR count). The van der Waals surface area contributed by atoms with Crippen molar-refractivity contribution in [1.82, 2.24) is 5.32 Å². The fourth-order valence-electron chi connectivity index (χ4n) is 3.38. The predicted molar refractivity (Wildman–Crippen MR) is 129 cm³/mol. The SMILES string of the molecule is O=C1NC(=S)N(c2ccc(Oc3ccccc3)cc2)C(=O)/C1=C/c1cc2c(cc1Br)OCO2. The van der Waals surface area contributed by atoms with Gasteiger partial charge in [0, 0.05) is 4.47 Å². The van der Waals surface area contributed by atoms with Gasteiger partial charge in [-0.25, -0.2) is 0 Å². The fraction of sp³-hybridized carbons (Fsp3) is 0.0417. The van der Waals surface area contributed by atoms with Gasteiger partial charge in [-0.15, -0.1) is 0 Å². The second-order valence-electron chi connectivity index (χ2n) is 7.09. The van der Waals surface area contributed by atoms with E-state index >= 15 is 0 Å². The zero-order valence-corrected chi connectivity index (χ0v) is 19.3. The molecule has 9 heteroatoms. The number of ether oxygens (including phenoxy) is 3. The van der Waals surface area contributed by atoms with Crippen molar-refractivity contribution in [2.75, 3.05) is 11.7 Å². The highest BCUT2D eigenvalue weighted by molar-refractivity contribution is 9.10. The molecule has 2 aliphatic heterocycles. The molecule has 0 aliphatic carbocycles. The molecule has 2 heterocycles. The monoisotopic (exact) mass is 522 g/mol. The maximum atomic E-state index is 13.3. The number of anilines is 1. The Labute approximate surface area is 202 Å². The molecule has 2 amide bonds. The van der Waals surface area contributed by atoms with Crippen LogP contribution in [0.25, 0.3) is 6.08 Å². The van der Waals surface area contributed by atoms with Crippen molar-refractivity contribution in [2.24, 2.45) is 0 Å². The number of nitrogens with one attached hydrogen (secondary N) is 1. The van der Waals surface area contributed by atoms with Crippen LogP contribution >= 0.6 is 28.1 Å². The molecule has 1 saturated heterocycles. The van der Waals surface area contributed by atoms with Gasteiger partial charge in [0.15, 0.2) is 16.6 Å². The van der Waals surface area contributed by atoms with Crippen LogP contribution in [0.5, 0.6) is 23.0 Å². The maximum absolute atomic E-state index is 13.3. The summed E-state index contributed by atoms with van der Waals surface area (Å²) < 4.78 is 17.2. The van der Waals surface area contributed by atoms with Gasteiger partial charge in [-0.1, -0.05) is 34.1 Å². The first-order chi connectivity index (χ1) is 16.0. The van der Waals surface area contributed by atoms with Crippen LogP contribution in [0.2, 0.25) is 0 Å². The molecule has 1 fully saturated rings. The van der Waals surface area contributed by atoms with E-state index < -0.39 is 11.8 Å². The highest BCUT2D eigenvalue weighted by Crippen LogP contribution is 2.38. The molecule has 0 saturated carbocycles. The van der Waals surface area contributed by atoms with Gasteiger partial charge >= 0.3 is 0 Å². The zero-order valence-electron chi connectivity index (χ0n) is 16.9. The second kappa shape index (κ2) is 8.68. The average molecular weight is 523 g/mol. The standard InChI is InChI=1S/C24H15BrN2O5S/c25-19-12-21-20(30-13-31-21)11-14(19)10-18-22(28)26-24(33)27(23(18)29)15-6-8-17(9-7-15)32-16-4-2-1-3-5-16/h1-12H,13H2,(H,26,28,33)/b18-10+. The van der Waals surface area contributed by atoms with Gasteiger partial charge in [0.2, 0.25) is 6.79 Å². The summed E-state index contributed by atoms with van der Waals surface area (Å²) in [5.41, 5.74) is 1.03. The van der Waals surface area contributed by atoms with Gasteiger partial charge < -0.3 is 14.2 Å². The summed E-state index contributed by atoms with van der Waals surface area (Å²) in [4.78, 5) is 27.1. The molecule has 0 radical (unpaired) electrons. The number of para-hydroxylation sites is 1. The van der Waals surface area contributed by atoms with Gasteiger partial charge in [-0.05, 0) is 72.4 Å². The van der Waals surface area contributed by atoms with Crippen molar-refractivity contribution in [3.8, 4) is 23.0 Å². The van der Waals surface area contributed by atoms with E-state index in [1.54, 1.807) is 36.4 Å². The Morgan fingerprint density at radius 2 is 1.64 bits per heavy atom. The molecule has 0 bridgehead atoms. The number of hydrogen-bond acceptors (Lipinski definition) is 6. The van der Waals surface area contributed by atoms with E-state index in [2.05, 4.69) is 21.2 Å². The molecule has 3 aromatic carbocycles. The molecule has 164 valence electrons. The van der Waals surface area contributed by atoms with E-state index in [9.17, 15) is 9.59 Å². The number of benzene rings is 3. The van der Waals surface area contributed by atoms with Crippen molar-refractivity contribution in [3.63, 3.8) is 0 Å². The lowest BCUT2D eigenvalue weighted by molar-refractivity contribution is -0.122. The number of amides is 2. The molecule has 33 heavy (non-hydrogen) atoms. The summed E-state index contributed by atoms with van der Waals surface area (Å²) in [6.07, 6.45) is 1.49. The van der Waals surface area contributed by atoms with Crippen LogP contribution in [-0.2, 0) is 9.59 Å². The Kier molecular flexibility index (Phi) is 5.57. The molecule has 1 N–H and O–H groups in total. The van der Waals surface area contributed by atoms with Crippen LogP contribution in [0.15, 0.2) is 76.8 Å². The molecule has 0 atom stereocenters. The Morgan fingerprint density at radius 1 is 0.970 bits per heavy atom. The summed E-state index contributed by atoms with van der Waals surface area (Å²) in [6.45, 7) is 0.118. The Hall–Kier alpha value is -3.69. The number of nitrogens with zero attached hydrogens (tertiary/aromatic N) is 1. The quantitative estimate of drug-likeness (QED) is 0.301. The van der Waals surface area contributed by atoms with Crippen LogP contribution < -0.4 is 24.4 Å². The Balaban J connectivity index is 1.43. The second-order valence-corrected chi connectivity index (χ2v) is 8.33. The smallest absolute Gasteiger partial charge is 0.270 e. The highest BCUT2D eigenvalue weighted by Gasteiger charge is 2.34. The van der Waals surface area contributed by atoms with Crippen LogP contribution in [0.4, 0.5) is 5.69 Å². The lowest BCUT2D eigenvalue weighted by atomic mass is 10.1. The first kappa shape index (κ1) is 21.2.